The van der Waals surface area contributed by atoms with Crippen LogP contribution in [0.15, 0.2) is 60.0 Å². The zero-order valence-corrected chi connectivity index (χ0v) is 22.0. The second-order valence-electron chi connectivity index (χ2n) is 10.9. The predicted molar refractivity (Wildman–Crippen MR) is 145 cm³/mol. The molecule has 1 atom stereocenters. The molecule has 2 aromatic rings. The van der Waals surface area contributed by atoms with Crippen LogP contribution in [-0.2, 0) is 6.42 Å². The van der Waals surface area contributed by atoms with Crippen LogP contribution in [0.4, 0.5) is 13.2 Å². The summed E-state index contributed by atoms with van der Waals surface area (Å²) in [6.45, 7) is 4.35. The molecule has 2 aliphatic carbocycles. The summed E-state index contributed by atoms with van der Waals surface area (Å²) < 4.78 is 44.6. The highest BCUT2D eigenvalue weighted by Crippen LogP contribution is 2.40. The van der Waals surface area contributed by atoms with Crippen molar-refractivity contribution in [2.75, 3.05) is 0 Å². The number of benzene rings is 2. The third-order valence-electron chi connectivity index (χ3n) is 8.35. The van der Waals surface area contributed by atoms with E-state index in [0.29, 0.717) is 16.7 Å². The van der Waals surface area contributed by atoms with Gasteiger partial charge in [-0.3, -0.25) is 0 Å². The van der Waals surface area contributed by atoms with Gasteiger partial charge in [-0.05, 0) is 91.5 Å². The van der Waals surface area contributed by atoms with Gasteiger partial charge in [-0.1, -0.05) is 82.0 Å². The summed E-state index contributed by atoms with van der Waals surface area (Å²) in [4.78, 5) is 0. The second-order valence-corrected chi connectivity index (χ2v) is 10.9. The van der Waals surface area contributed by atoms with Crippen molar-refractivity contribution in [3.05, 3.63) is 82.7 Å². The number of unbranched alkanes of at least 4 members (excludes halogenated alkanes) is 1. The van der Waals surface area contributed by atoms with Gasteiger partial charge < -0.3 is 0 Å². The Hall–Kier alpha value is -2.29. The van der Waals surface area contributed by atoms with Gasteiger partial charge in [0, 0.05) is 11.5 Å². The third-order valence-corrected chi connectivity index (χ3v) is 8.35. The predicted octanol–water partition coefficient (Wildman–Crippen LogP) is 10.6. The van der Waals surface area contributed by atoms with Crippen LogP contribution in [-0.4, -0.2) is 0 Å². The lowest BCUT2D eigenvalue weighted by Gasteiger charge is -2.29. The average Bonchev–Trinajstić information content (AvgIpc) is 2.90. The maximum absolute atomic E-state index is 15.1. The van der Waals surface area contributed by atoms with E-state index in [0.717, 1.165) is 81.3 Å². The summed E-state index contributed by atoms with van der Waals surface area (Å²) in [6.07, 6.45) is 15.9. The van der Waals surface area contributed by atoms with E-state index in [4.69, 9.17) is 0 Å². The lowest BCUT2D eigenvalue weighted by Crippen LogP contribution is -2.14. The van der Waals surface area contributed by atoms with Gasteiger partial charge in [0.05, 0.1) is 0 Å². The van der Waals surface area contributed by atoms with Crippen molar-refractivity contribution < 1.29 is 13.2 Å². The smallest absolute Gasteiger partial charge is 0.166 e. The Morgan fingerprint density at radius 3 is 2.19 bits per heavy atom. The first-order valence-electron chi connectivity index (χ1n) is 14.1. The van der Waals surface area contributed by atoms with Crippen molar-refractivity contribution >= 4 is 0 Å². The molecule has 194 valence electrons. The highest BCUT2D eigenvalue weighted by molar-refractivity contribution is 5.65. The first kappa shape index (κ1) is 26.8. The van der Waals surface area contributed by atoms with Crippen LogP contribution >= 0.6 is 0 Å². The van der Waals surface area contributed by atoms with Crippen LogP contribution in [0.3, 0.4) is 0 Å². The summed E-state index contributed by atoms with van der Waals surface area (Å²) in [5, 5.41) is 0. The van der Waals surface area contributed by atoms with Crippen LogP contribution in [0, 0.1) is 23.5 Å². The van der Waals surface area contributed by atoms with Gasteiger partial charge in [0.15, 0.2) is 11.6 Å². The monoisotopic (exact) mass is 494 g/mol. The summed E-state index contributed by atoms with van der Waals surface area (Å²) in [6, 6.07) is 11.2. The van der Waals surface area contributed by atoms with Crippen LogP contribution in [0.5, 0.6) is 0 Å². The minimum Gasteiger partial charge on any atom is -0.212 e. The van der Waals surface area contributed by atoms with Crippen LogP contribution in [0.1, 0.15) is 102 Å². The van der Waals surface area contributed by atoms with Gasteiger partial charge in [-0.2, -0.15) is 0 Å². The van der Waals surface area contributed by atoms with Gasteiger partial charge in [0.1, 0.15) is 5.83 Å². The average molecular weight is 495 g/mol. The molecule has 0 spiro atoms. The zero-order valence-electron chi connectivity index (χ0n) is 22.0. The van der Waals surface area contributed by atoms with Crippen molar-refractivity contribution in [1.29, 1.82) is 0 Å². The Balaban J connectivity index is 1.36. The molecular weight excluding hydrogens is 453 g/mol. The topological polar surface area (TPSA) is 0 Å². The Morgan fingerprint density at radius 1 is 0.778 bits per heavy atom. The summed E-state index contributed by atoms with van der Waals surface area (Å²) in [7, 11) is 0. The van der Waals surface area contributed by atoms with Gasteiger partial charge in [0.25, 0.3) is 0 Å². The molecule has 4 rings (SSSR count). The van der Waals surface area contributed by atoms with E-state index in [-0.39, 0.29) is 17.7 Å². The molecule has 2 aromatic carbocycles. The molecule has 0 radical (unpaired) electrons. The van der Waals surface area contributed by atoms with Crippen LogP contribution in [0.2, 0.25) is 0 Å². The van der Waals surface area contributed by atoms with Gasteiger partial charge in [-0.25, -0.2) is 13.2 Å². The number of rotatable bonds is 10. The summed E-state index contributed by atoms with van der Waals surface area (Å²) >= 11 is 0. The fourth-order valence-corrected chi connectivity index (χ4v) is 6.05. The minimum absolute atomic E-state index is 0.0197. The van der Waals surface area contributed by atoms with Gasteiger partial charge >= 0.3 is 0 Å². The number of halogens is 3. The molecule has 0 aromatic heterocycles. The van der Waals surface area contributed by atoms with Crippen molar-refractivity contribution in [2.45, 2.75) is 96.8 Å². The standard InChI is InChI=1S/C33H41F3/c1-3-5-7-28-19-14-25(22-31(28)34)9-8-24-12-17-27(18-13-24)30-21-20-29(32(35)33(30)36)26-15-10-23(6-4-2)11-16-26/h12-14,17-18,20-23,26,28H,3-11,15-16,19H2,1-2H3. The fraction of sp³-hybridized carbons (Fsp3) is 0.515. The minimum atomic E-state index is -0.735. The molecule has 36 heavy (non-hydrogen) atoms. The number of allylic oxidation sites excluding steroid dienone is 4. The largest absolute Gasteiger partial charge is 0.212 e. The van der Waals surface area contributed by atoms with Crippen molar-refractivity contribution in [3.63, 3.8) is 0 Å². The maximum Gasteiger partial charge on any atom is 0.166 e. The maximum atomic E-state index is 15.1. The van der Waals surface area contributed by atoms with E-state index in [2.05, 4.69) is 19.9 Å². The molecule has 1 fully saturated rings. The van der Waals surface area contributed by atoms with Crippen LogP contribution < -0.4 is 0 Å². The number of hydrogen-bond donors (Lipinski definition) is 0. The molecular formula is C33H41F3. The fourth-order valence-electron chi connectivity index (χ4n) is 6.05. The highest BCUT2D eigenvalue weighted by Gasteiger charge is 2.26. The Kier molecular flexibility index (Phi) is 9.51. The van der Waals surface area contributed by atoms with Crippen molar-refractivity contribution in [3.8, 4) is 11.1 Å². The molecule has 0 nitrogen and oxygen atoms in total. The molecule has 2 aliphatic rings. The van der Waals surface area contributed by atoms with Crippen molar-refractivity contribution in [2.24, 2.45) is 11.8 Å². The summed E-state index contributed by atoms with van der Waals surface area (Å²) in [5.74, 6) is -0.479. The van der Waals surface area contributed by atoms with Gasteiger partial charge in [0.2, 0.25) is 0 Å². The summed E-state index contributed by atoms with van der Waals surface area (Å²) in [5.41, 5.74) is 3.72. The molecule has 3 heteroatoms. The molecule has 1 unspecified atom stereocenters. The number of hydrogen-bond acceptors (Lipinski definition) is 0. The Morgan fingerprint density at radius 2 is 1.53 bits per heavy atom. The SMILES string of the molecule is CCCCC1CC=C(CCc2ccc(-c3ccc(C4CCC(CCC)CC4)c(F)c3F)cc2)C=C1F. The third kappa shape index (κ3) is 6.52. The molecule has 0 aliphatic heterocycles. The quantitative estimate of drug-likeness (QED) is 0.308. The molecule has 0 heterocycles. The zero-order chi connectivity index (χ0) is 25.5. The molecule has 1 saturated carbocycles. The molecule has 0 N–H and O–H groups in total. The van der Waals surface area contributed by atoms with E-state index in [1.807, 2.05) is 24.3 Å². The first-order chi connectivity index (χ1) is 17.5. The lowest BCUT2D eigenvalue weighted by molar-refractivity contribution is 0.303. The van der Waals surface area contributed by atoms with Gasteiger partial charge in [-0.15, -0.1) is 0 Å². The first-order valence-corrected chi connectivity index (χ1v) is 14.1. The van der Waals surface area contributed by atoms with E-state index >= 15 is 8.78 Å². The van der Waals surface area contributed by atoms with E-state index in [1.54, 1.807) is 18.2 Å². The number of aryl methyl sites for hydroxylation is 1. The lowest BCUT2D eigenvalue weighted by atomic mass is 9.77. The van der Waals surface area contributed by atoms with Crippen LogP contribution in [0.25, 0.3) is 11.1 Å². The Bertz CT molecular complexity index is 1060. The molecule has 0 saturated heterocycles. The molecule has 0 bridgehead atoms. The van der Waals surface area contributed by atoms with E-state index in [9.17, 15) is 4.39 Å². The highest BCUT2D eigenvalue weighted by atomic mass is 19.2. The van der Waals surface area contributed by atoms with E-state index < -0.39 is 11.6 Å². The van der Waals surface area contributed by atoms with E-state index in [1.165, 1.54) is 12.8 Å². The van der Waals surface area contributed by atoms with Crippen molar-refractivity contribution in [1.82, 2.24) is 0 Å². The second kappa shape index (κ2) is 12.8. The normalized spacial score (nSPS) is 22.3. The molecule has 0 amide bonds. The Labute approximate surface area is 215 Å².